The summed E-state index contributed by atoms with van der Waals surface area (Å²) < 4.78 is 32.1. The van der Waals surface area contributed by atoms with E-state index in [1.54, 1.807) is 24.3 Å². The molecule has 0 unspecified atom stereocenters. The van der Waals surface area contributed by atoms with Crippen LogP contribution in [0.4, 0.5) is 5.69 Å². The van der Waals surface area contributed by atoms with E-state index in [4.69, 9.17) is 4.74 Å². The normalized spacial score (nSPS) is 15.2. The molecule has 0 spiro atoms. The Morgan fingerprint density at radius 1 is 1.07 bits per heavy atom. The average molecular weight is 419 g/mol. The number of nitrogens with zero attached hydrogens (tertiary/aromatic N) is 3. The highest BCUT2D eigenvalue weighted by molar-refractivity contribution is 7.89. The molecule has 29 heavy (non-hydrogen) atoms. The number of aryl methyl sites for hydroxylation is 1. The molecule has 0 atom stereocenters. The summed E-state index contributed by atoms with van der Waals surface area (Å²) >= 11 is 0. The topological polar surface area (TPSA) is 110 Å². The largest absolute Gasteiger partial charge is 0.496 e. The van der Waals surface area contributed by atoms with Crippen LogP contribution < -0.4 is 4.74 Å². The average Bonchev–Trinajstić information content (AvgIpc) is 2.73. The number of amides is 1. The van der Waals surface area contributed by atoms with Gasteiger partial charge in [0.2, 0.25) is 10.0 Å². The van der Waals surface area contributed by atoms with Gasteiger partial charge in [0, 0.05) is 38.3 Å². The van der Waals surface area contributed by atoms with Gasteiger partial charge in [-0.3, -0.25) is 14.9 Å². The lowest BCUT2D eigenvalue weighted by atomic mass is 10.1. The molecule has 154 valence electrons. The Morgan fingerprint density at radius 2 is 1.69 bits per heavy atom. The molecule has 9 nitrogen and oxygen atoms in total. The lowest BCUT2D eigenvalue weighted by molar-refractivity contribution is -0.384. The Hall–Kier alpha value is -2.98. The second-order valence-electron chi connectivity index (χ2n) is 6.65. The first-order chi connectivity index (χ1) is 13.7. The van der Waals surface area contributed by atoms with Crippen molar-refractivity contribution in [1.29, 1.82) is 0 Å². The summed E-state index contributed by atoms with van der Waals surface area (Å²) in [5.41, 5.74) is 0.830. The summed E-state index contributed by atoms with van der Waals surface area (Å²) in [5.74, 6) is -0.201. The molecule has 0 N–H and O–H groups in total. The first-order valence-corrected chi connectivity index (χ1v) is 10.4. The third kappa shape index (κ3) is 4.22. The number of ether oxygens (including phenoxy) is 1. The van der Waals surface area contributed by atoms with Crippen molar-refractivity contribution in [3.05, 3.63) is 63.7 Å². The molecule has 1 amide bonds. The summed E-state index contributed by atoms with van der Waals surface area (Å²) in [4.78, 5) is 25.0. The van der Waals surface area contributed by atoms with Gasteiger partial charge in [0.05, 0.1) is 22.5 Å². The molecule has 0 aromatic heterocycles. The number of sulfonamides is 1. The van der Waals surface area contributed by atoms with Crippen LogP contribution in [-0.2, 0) is 10.0 Å². The zero-order valence-corrected chi connectivity index (χ0v) is 16.9. The number of methoxy groups -OCH3 is 1. The smallest absolute Gasteiger partial charge is 0.270 e. The lowest BCUT2D eigenvalue weighted by Gasteiger charge is -2.34. The van der Waals surface area contributed by atoms with Gasteiger partial charge in [-0.15, -0.1) is 0 Å². The third-order valence-electron chi connectivity index (χ3n) is 4.81. The Labute approximate surface area is 168 Å². The fraction of sp³-hybridized carbons (Fsp3) is 0.316. The maximum atomic E-state index is 12.9. The number of rotatable bonds is 5. The van der Waals surface area contributed by atoms with Gasteiger partial charge in [0.1, 0.15) is 5.75 Å². The molecule has 1 saturated heterocycles. The Kier molecular flexibility index (Phi) is 5.85. The second-order valence-corrected chi connectivity index (χ2v) is 8.59. The predicted molar refractivity (Wildman–Crippen MR) is 105 cm³/mol. The van der Waals surface area contributed by atoms with E-state index in [-0.39, 0.29) is 48.1 Å². The first kappa shape index (κ1) is 20.7. The van der Waals surface area contributed by atoms with Crippen molar-refractivity contribution in [3.63, 3.8) is 0 Å². The fourth-order valence-corrected chi connectivity index (χ4v) is 4.56. The minimum Gasteiger partial charge on any atom is -0.496 e. The number of benzene rings is 2. The van der Waals surface area contributed by atoms with Gasteiger partial charge in [0.25, 0.3) is 11.6 Å². The molecule has 0 saturated carbocycles. The summed E-state index contributed by atoms with van der Waals surface area (Å²) in [5, 5.41) is 11.0. The molecule has 1 heterocycles. The molecular weight excluding hydrogens is 398 g/mol. The van der Waals surface area contributed by atoms with Crippen LogP contribution in [0.1, 0.15) is 15.9 Å². The number of nitro benzene ring substituents is 1. The molecule has 0 radical (unpaired) electrons. The quantitative estimate of drug-likeness (QED) is 0.542. The SMILES string of the molecule is COc1ccc([N+](=O)[O-])cc1C(=O)N1CCN(S(=O)(=O)c2ccc(C)cc2)CC1. The highest BCUT2D eigenvalue weighted by Gasteiger charge is 2.31. The van der Waals surface area contributed by atoms with Crippen LogP contribution >= 0.6 is 0 Å². The number of hydrogen-bond donors (Lipinski definition) is 0. The van der Waals surface area contributed by atoms with Gasteiger partial charge in [-0.2, -0.15) is 4.31 Å². The maximum absolute atomic E-state index is 12.9. The molecular formula is C19H21N3O6S. The van der Waals surface area contributed by atoms with Crippen LogP contribution in [0, 0.1) is 17.0 Å². The van der Waals surface area contributed by atoms with Crippen LogP contribution in [0.2, 0.25) is 0 Å². The predicted octanol–water partition coefficient (Wildman–Crippen LogP) is 2.06. The Balaban J connectivity index is 1.75. The number of carbonyl (C=O) groups is 1. The maximum Gasteiger partial charge on any atom is 0.270 e. The van der Waals surface area contributed by atoms with E-state index in [9.17, 15) is 23.3 Å². The van der Waals surface area contributed by atoms with E-state index >= 15 is 0 Å². The van der Waals surface area contributed by atoms with Gasteiger partial charge in [-0.05, 0) is 25.1 Å². The molecule has 0 bridgehead atoms. The van der Waals surface area contributed by atoms with Gasteiger partial charge >= 0.3 is 0 Å². The molecule has 2 aromatic rings. The summed E-state index contributed by atoms with van der Waals surface area (Å²) in [6, 6.07) is 10.4. The van der Waals surface area contributed by atoms with Crippen LogP contribution in [-0.4, -0.2) is 61.7 Å². The molecule has 2 aromatic carbocycles. The number of piperazine rings is 1. The second kappa shape index (κ2) is 8.18. The number of carbonyl (C=O) groups excluding carboxylic acids is 1. The Morgan fingerprint density at radius 3 is 2.24 bits per heavy atom. The van der Waals surface area contributed by atoms with E-state index in [0.717, 1.165) is 5.56 Å². The zero-order chi connectivity index (χ0) is 21.2. The molecule has 1 fully saturated rings. The summed E-state index contributed by atoms with van der Waals surface area (Å²) in [7, 11) is -2.26. The van der Waals surface area contributed by atoms with Crippen LogP contribution in [0.5, 0.6) is 5.75 Å². The third-order valence-corrected chi connectivity index (χ3v) is 6.72. The van der Waals surface area contributed by atoms with E-state index in [1.807, 2.05) is 6.92 Å². The van der Waals surface area contributed by atoms with Crippen LogP contribution in [0.3, 0.4) is 0 Å². The fourth-order valence-electron chi connectivity index (χ4n) is 3.14. The monoisotopic (exact) mass is 419 g/mol. The van der Waals surface area contributed by atoms with E-state index in [2.05, 4.69) is 0 Å². The molecule has 0 aliphatic carbocycles. The first-order valence-electron chi connectivity index (χ1n) is 8.92. The van der Waals surface area contributed by atoms with E-state index in [1.165, 1.54) is 34.5 Å². The zero-order valence-electron chi connectivity index (χ0n) is 16.1. The molecule has 1 aliphatic rings. The minimum absolute atomic E-state index is 0.0801. The molecule has 1 aliphatic heterocycles. The molecule has 3 rings (SSSR count). The van der Waals surface area contributed by atoms with Crippen molar-refractivity contribution in [3.8, 4) is 5.75 Å². The van der Waals surface area contributed by atoms with Crippen molar-refractivity contribution in [2.45, 2.75) is 11.8 Å². The summed E-state index contributed by atoms with van der Waals surface area (Å²) in [6.45, 7) is 2.51. The standard InChI is InChI=1S/C19H21N3O6S/c1-14-3-6-16(7-4-14)29(26,27)21-11-9-20(10-12-21)19(23)17-13-15(22(24)25)5-8-18(17)28-2/h3-8,13H,9-12H2,1-2H3. The van der Waals surface area contributed by atoms with Gasteiger partial charge in [0.15, 0.2) is 0 Å². The number of nitro groups is 1. The van der Waals surface area contributed by atoms with Crippen molar-refractivity contribution in [2.24, 2.45) is 0 Å². The van der Waals surface area contributed by atoms with Crippen molar-refractivity contribution in [2.75, 3.05) is 33.3 Å². The van der Waals surface area contributed by atoms with Crippen molar-refractivity contribution < 1.29 is 22.9 Å². The minimum atomic E-state index is -3.64. The summed E-state index contributed by atoms with van der Waals surface area (Å²) in [6.07, 6.45) is 0. The lowest BCUT2D eigenvalue weighted by Crippen LogP contribution is -2.50. The van der Waals surface area contributed by atoms with Crippen LogP contribution in [0.25, 0.3) is 0 Å². The van der Waals surface area contributed by atoms with E-state index in [0.29, 0.717) is 0 Å². The highest BCUT2D eigenvalue weighted by Crippen LogP contribution is 2.26. The number of hydrogen-bond acceptors (Lipinski definition) is 6. The van der Waals surface area contributed by atoms with Crippen LogP contribution in [0.15, 0.2) is 47.4 Å². The molecule has 10 heteroatoms. The Bertz CT molecular complexity index is 1030. The van der Waals surface area contributed by atoms with Gasteiger partial charge in [-0.1, -0.05) is 17.7 Å². The van der Waals surface area contributed by atoms with Gasteiger partial charge < -0.3 is 9.64 Å². The van der Waals surface area contributed by atoms with Gasteiger partial charge in [-0.25, -0.2) is 8.42 Å². The number of non-ortho nitro benzene ring substituents is 1. The van der Waals surface area contributed by atoms with Crippen molar-refractivity contribution in [1.82, 2.24) is 9.21 Å². The van der Waals surface area contributed by atoms with Crippen molar-refractivity contribution >= 4 is 21.6 Å². The van der Waals surface area contributed by atoms with E-state index < -0.39 is 20.9 Å². The highest BCUT2D eigenvalue weighted by atomic mass is 32.2.